The molecule has 2 fully saturated rings. The van der Waals surface area contributed by atoms with Gasteiger partial charge < -0.3 is 15.4 Å². The topological polar surface area (TPSA) is 96.5 Å². The lowest BCUT2D eigenvalue weighted by molar-refractivity contribution is 0.126. The van der Waals surface area contributed by atoms with E-state index in [4.69, 9.17) is 4.74 Å². The Balaban J connectivity index is 1.47. The summed E-state index contributed by atoms with van der Waals surface area (Å²) in [6.45, 7) is 4.78. The smallest absolute Gasteiger partial charge is 0.325 e. The minimum absolute atomic E-state index is 0.0643. The van der Waals surface area contributed by atoms with Crippen LogP contribution in [0.4, 0.5) is 9.59 Å². The van der Waals surface area contributed by atoms with E-state index in [0.29, 0.717) is 19.1 Å². The first-order valence-corrected chi connectivity index (χ1v) is 8.36. The zero-order valence-corrected chi connectivity index (χ0v) is 14.0. The molecule has 2 heterocycles. The maximum Gasteiger partial charge on any atom is 0.325 e. The average Bonchev–Trinajstić information content (AvgIpc) is 2.94. The molecule has 1 aliphatic heterocycles. The van der Waals surface area contributed by atoms with Crippen molar-refractivity contribution >= 4 is 12.1 Å². The molecule has 0 unspecified atom stereocenters. The zero-order valence-electron chi connectivity index (χ0n) is 14.0. The summed E-state index contributed by atoms with van der Waals surface area (Å²) in [4.78, 5) is 33.4. The molecule has 1 saturated carbocycles. The third kappa shape index (κ3) is 3.93. The second-order valence-electron chi connectivity index (χ2n) is 6.36. The SMILES string of the molecule is Cc1cc(C)nc(OC2CCC(NC(=O)N3CCNC3=O)CC2)n1. The van der Waals surface area contributed by atoms with Gasteiger partial charge in [-0.2, -0.15) is 0 Å². The number of imide groups is 1. The third-order valence-corrected chi connectivity index (χ3v) is 4.34. The molecule has 2 aliphatic rings. The van der Waals surface area contributed by atoms with Gasteiger partial charge in [0.2, 0.25) is 0 Å². The number of nitrogens with one attached hydrogen (secondary N) is 2. The molecule has 2 N–H and O–H groups in total. The minimum atomic E-state index is -0.323. The molecule has 4 amide bonds. The van der Waals surface area contributed by atoms with Gasteiger partial charge in [0.25, 0.3) is 0 Å². The van der Waals surface area contributed by atoms with Gasteiger partial charge in [-0.05, 0) is 45.6 Å². The monoisotopic (exact) mass is 333 g/mol. The highest BCUT2D eigenvalue weighted by Crippen LogP contribution is 2.22. The number of nitrogens with zero attached hydrogens (tertiary/aromatic N) is 3. The van der Waals surface area contributed by atoms with E-state index in [0.717, 1.165) is 37.1 Å². The summed E-state index contributed by atoms with van der Waals surface area (Å²) in [6, 6.07) is 1.77. The highest BCUT2D eigenvalue weighted by molar-refractivity contribution is 5.95. The van der Waals surface area contributed by atoms with E-state index >= 15 is 0 Å². The minimum Gasteiger partial charge on any atom is -0.460 e. The van der Waals surface area contributed by atoms with E-state index < -0.39 is 0 Å². The first kappa shape index (κ1) is 16.5. The summed E-state index contributed by atoms with van der Waals surface area (Å²) < 4.78 is 5.88. The van der Waals surface area contributed by atoms with Crippen molar-refractivity contribution in [2.24, 2.45) is 0 Å². The number of urea groups is 2. The van der Waals surface area contributed by atoms with Crippen molar-refractivity contribution in [3.05, 3.63) is 17.5 Å². The number of hydrogen-bond donors (Lipinski definition) is 2. The van der Waals surface area contributed by atoms with Crippen LogP contribution in [0.2, 0.25) is 0 Å². The summed E-state index contributed by atoms with van der Waals surface area (Å²) in [5.74, 6) is 0. The van der Waals surface area contributed by atoms with Gasteiger partial charge in [0.05, 0.1) is 0 Å². The second-order valence-corrected chi connectivity index (χ2v) is 6.36. The molecule has 24 heavy (non-hydrogen) atoms. The number of ether oxygens (including phenoxy) is 1. The van der Waals surface area contributed by atoms with Crippen molar-refractivity contribution in [2.45, 2.75) is 51.7 Å². The summed E-state index contributed by atoms with van der Waals surface area (Å²) in [6.07, 6.45) is 3.35. The van der Waals surface area contributed by atoms with Gasteiger partial charge in [-0.15, -0.1) is 0 Å². The normalized spacial score (nSPS) is 23.8. The maximum atomic E-state index is 12.1. The average molecular weight is 333 g/mol. The fraction of sp³-hybridized carbons (Fsp3) is 0.625. The fourth-order valence-corrected chi connectivity index (χ4v) is 3.14. The molecule has 3 rings (SSSR count). The Morgan fingerprint density at radius 2 is 1.92 bits per heavy atom. The van der Waals surface area contributed by atoms with Crippen molar-refractivity contribution in [2.75, 3.05) is 13.1 Å². The first-order chi connectivity index (χ1) is 11.5. The van der Waals surface area contributed by atoms with E-state index in [-0.39, 0.29) is 24.2 Å². The fourth-order valence-electron chi connectivity index (χ4n) is 3.14. The van der Waals surface area contributed by atoms with Crippen molar-refractivity contribution < 1.29 is 14.3 Å². The van der Waals surface area contributed by atoms with Crippen LogP contribution in [0.5, 0.6) is 6.01 Å². The Bertz CT molecular complexity index is 608. The summed E-state index contributed by atoms with van der Waals surface area (Å²) in [7, 11) is 0. The molecule has 130 valence electrons. The van der Waals surface area contributed by atoms with Gasteiger partial charge in [0, 0.05) is 30.5 Å². The van der Waals surface area contributed by atoms with Crippen molar-refractivity contribution in [1.82, 2.24) is 25.5 Å². The van der Waals surface area contributed by atoms with E-state index in [1.165, 1.54) is 4.90 Å². The molecule has 0 aromatic carbocycles. The van der Waals surface area contributed by atoms with Crippen LogP contribution in [0.3, 0.4) is 0 Å². The predicted molar refractivity (Wildman–Crippen MR) is 86.8 cm³/mol. The number of aromatic nitrogens is 2. The molecule has 0 atom stereocenters. The second kappa shape index (κ2) is 7.02. The number of hydrogen-bond acceptors (Lipinski definition) is 5. The van der Waals surface area contributed by atoms with Crippen LogP contribution in [0.1, 0.15) is 37.1 Å². The Labute approximate surface area is 141 Å². The van der Waals surface area contributed by atoms with Crippen LogP contribution >= 0.6 is 0 Å². The molecule has 0 spiro atoms. The van der Waals surface area contributed by atoms with Gasteiger partial charge in [0.15, 0.2) is 0 Å². The van der Waals surface area contributed by atoms with Crippen LogP contribution < -0.4 is 15.4 Å². The van der Waals surface area contributed by atoms with E-state index in [9.17, 15) is 9.59 Å². The van der Waals surface area contributed by atoms with Crippen LogP contribution in [0, 0.1) is 13.8 Å². The van der Waals surface area contributed by atoms with Crippen molar-refractivity contribution in [3.8, 4) is 6.01 Å². The van der Waals surface area contributed by atoms with Gasteiger partial charge in [-0.25, -0.2) is 24.5 Å². The standard InChI is InChI=1S/C16H23N5O3/c1-10-9-11(2)19-14(18-10)24-13-5-3-12(4-6-13)20-16(23)21-8-7-17-15(21)22/h9,12-13H,3-8H2,1-2H3,(H,17,22)(H,20,23). The number of rotatable bonds is 3. The maximum absolute atomic E-state index is 12.1. The number of carbonyl (C=O) groups is 2. The van der Waals surface area contributed by atoms with Crippen LogP contribution in [-0.4, -0.2) is 52.2 Å². The molecular weight excluding hydrogens is 310 g/mol. The summed E-state index contributed by atoms with van der Waals surface area (Å²) in [5.41, 5.74) is 1.78. The number of aryl methyl sites for hydroxylation is 2. The van der Waals surface area contributed by atoms with Gasteiger partial charge in [-0.3, -0.25) is 0 Å². The lowest BCUT2D eigenvalue weighted by Gasteiger charge is -2.29. The van der Waals surface area contributed by atoms with Gasteiger partial charge in [0.1, 0.15) is 6.10 Å². The van der Waals surface area contributed by atoms with E-state index in [1.807, 2.05) is 19.9 Å². The molecular formula is C16H23N5O3. The van der Waals surface area contributed by atoms with Gasteiger partial charge in [-0.1, -0.05) is 0 Å². The predicted octanol–water partition coefficient (Wildman–Crippen LogP) is 1.52. The van der Waals surface area contributed by atoms with E-state index in [2.05, 4.69) is 20.6 Å². The highest BCUT2D eigenvalue weighted by Gasteiger charge is 2.30. The van der Waals surface area contributed by atoms with E-state index in [1.54, 1.807) is 0 Å². The molecule has 8 heteroatoms. The molecule has 1 aromatic heterocycles. The third-order valence-electron chi connectivity index (χ3n) is 4.34. The Morgan fingerprint density at radius 1 is 1.25 bits per heavy atom. The van der Waals surface area contributed by atoms with Crippen LogP contribution in [0.15, 0.2) is 6.07 Å². The van der Waals surface area contributed by atoms with Crippen molar-refractivity contribution in [3.63, 3.8) is 0 Å². The molecule has 1 saturated heterocycles. The Kier molecular flexibility index (Phi) is 4.82. The lowest BCUT2D eigenvalue weighted by atomic mass is 9.93. The molecule has 0 radical (unpaired) electrons. The van der Waals surface area contributed by atoms with Crippen LogP contribution in [-0.2, 0) is 0 Å². The first-order valence-electron chi connectivity index (χ1n) is 8.36. The Hall–Kier alpha value is -2.38. The molecule has 1 aliphatic carbocycles. The van der Waals surface area contributed by atoms with Crippen molar-refractivity contribution in [1.29, 1.82) is 0 Å². The largest absolute Gasteiger partial charge is 0.460 e. The molecule has 8 nitrogen and oxygen atoms in total. The molecule has 0 bridgehead atoms. The summed E-state index contributed by atoms with van der Waals surface area (Å²) >= 11 is 0. The summed E-state index contributed by atoms with van der Waals surface area (Å²) in [5, 5.41) is 5.56. The number of carbonyl (C=O) groups excluding carboxylic acids is 2. The quantitative estimate of drug-likeness (QED) is 0.874. The lowest BCUT2D eigenvalue weighted by Crippen LogP contribution is -2.47. The Morgan fingerprint density at radius 3 is 2.50 bits per heavy atom. The van der Waals surface area contributed by atoms with Gasteiger partial charge >= 0.3 is 18.1 Å². The zero-order chi connectivity index (χ0) is 17.1. The number of amides is 4. The van der Waals surface area contributed by atoms with Crippen LogP contribution in [0.25, 0.3) is 0 Å². The highest BCUT2D eigenvalue weighted by atomic mass is 16.5. The molecule has 1 aromatic rings.